The molecule has 0 aliphatic carbocycles. The average molecular weight is 267 g/mol. The Bertz CT molecular complexity index is 860. The molecule has 3 aromatic rings. The Balaban J connectivity index is 2.31. The minimum absolute atomic E-state index is 0.00496. The normalized spacial score (nSPS) is 10.7. The number of halogens is 1. The molecule has 0 aliphatic heterocycles. The second-order valence-corrected chi connectivity index (χ2v) is 4.48. The van der Waals surface area contributed by atoms with Gasteiger partial charge < -0.3 is 5.73 Å². The molecule has 0 bridgehead atoms. The number of anilines is 1. The fourth-order valence-corrected chi connectivity index (χ4v) is 2.13. The number of hydrogen-bond acceptors (Lipinski definition) is 4. The Hall–Kier alpha value is -2.94. The van der Waals surface area contributed by atoms with Gasteiger partial charge in [-0.25, -0.2) is 8.91 Å². The van der Waals surface area contributed by atoms with Gasteiger partial charge in [0.05, 0.1) is 5.56 Å². The molecule has 98 valence electrons. The number of fused-ring (bicyclic) bond motifs is 1. The molecule has 0 saturated heterocycles. The molecule has 0 unspecified atom stereocenters. The maximum Gasteiger partial charge on any atom is 0.240 e. The molecule has 3 rings (SSSR count). The molecule has 2 heterocycles. The van der Waals surface area contributed by atoms with Crippen molar-refractivity contribution in [2.24, 2.45) is 0 Å². The molecule has 0 amide bonds. The number of nitrogens with two attached hydrogens (primary N) is 1. The van der Waals surface area contributed by atoms with Crippen molar-refractivity contribution in [1.82, 2.24) is 14.6 Å². The molecule has 1 aromatic carbocycles. The van der Waals surface area contributed by atoms with Crippen molar-refractivity contribution in [3.05, 3.63) is 47.4 Å². The van der Waals surface area contributed by atoms with Crippen molar-refractivity contribution < 1.29 is 4.39 Å². The van der Waals surface area contributed by atoms with Gasteiger partial charge in [0.25, 0.3) is 0 Å². The van der Waals surface area contributed by atoms with E-state index in [9.17, 15) is 4.39 Å². The smallest absolute Gasteiger partial charge is 0.240 e. The van der Waals surface area contributed by atoms with Gasteiger partial charge in [-0.3, -0.25) is 0 Å². The summed E-state index contributed by atoms with van der Waals surface area (Å²) in [6.07, 6.45) is 1.80. The SMILES string of the molecule is Cc1cc(-c2ccc(F)c(C#N)c2)c2nc(N)nn2c1. The molecule has 2 aromatic heterocycles. The molecule has 0 aliphatic rings. The number of benzene rings is 1. The lowest BCUT2D eigenvalue weighted by molar-refractivity contribution is 0.624. The zero-order valence-electron chi connectivity index (χ0n) is 10.6. The molecule has 5 nitrogen and oxygen atoms in total. The van der Waals surface area contributed by atoms with Gasteiger partial charge in [0.15, 0.2) is 5.65 Å². The zero-order chi connectivity index (χ0) is 14.3. The van der Waals surface area contributed by atoms with E-state index in [1.807, 2.05) is 19.1 Å². The monoisotopic (exact) mass is 267 g/mol. The van der Waals surface area contributed by atoms with E-state index in [-0.39, 0.29) is 11.5 Å². The van der Waals surface area contributed by atoms with Gasteiger partial charge in [-0.1, -0.05) is 6.07 Å². The third-order valence-corrected chi connectivity index (χ3v) is 2.98. The highest BCUT2D eigenvalue weighted by atomic mass is 19.1. The highest BCUT2D eigenvalue weighted by Crippen LogP contribution is 2.26. The average Bonchev–Trinajstić information content (AvgIpc) is 2.78. The van der Waals surface area contributed by atoms with Gasteiger partial charge in [-0.05, 0) is 36.2 Å². The van der Waals surface area contributed by atoms with Gasteiger partial charge in [0.2, 0.25) is 5.95 Å². The van der Waals surface area contributed by atoms with Crippen molar-refractivity contribution in [2.45, 2.75) is 6.92 Å². The number of aryl methyl sites for hydroxylation is 1. The second-order valence-electron chi connectivity index (χ2n) is 4.48. The van der Waals surface area contributed by atoms with Gasteiger partial charge in [-0.2, -0.15) is 10.2 Å². The maximum atomic E-state index is 13.4. The Morgan fingerprint density at radius 3 is 2.90 bits per heavy atom. The van der Waals surface area contributed by atoms with Crippen LogP contribution in [0.2, 0.25) is 0 Å². The van der Waals surface area contributed by atoms with E-state index in [1.54, 1.807) is 16.8 Å². The van der Waals surface area contributed by atoms with Gasteiger partial charge in [0, 0.05) is 11.8 Å². The largest absolute Gasteiger partial charge is 0.366 e. The lowest BCUT2D eigenvalue weighted by Gasteiger charge is -2.06. The number of hydrogen-bond donors (Lipinski definition) is 1. The highest BCUT2D eigenvalue weighted by molar-refractivity contribution is 5.79. The zero-order valence-corrected chi connectivity index (χ0v) is 10.6. The van der Waals surface area contributed by atoms with Crippen molar-refractivity contribution >= 4 is 11.6 Å². The lowest BCUT2D eigenvalue weighted by atomic mass is 10.0. The first-order valence-corrected chi connectivity index (χ1v) is 5.91. The third-order valence-electron chi connectivity index (χ3n) is 2.98. The van der Waals surface area contributed by atoms with Crippen LogP contribution in [0, 0.1) is 24.1 Å². The summed E-state index contributed by atoms with van der Waals surface area (Å²) < 4.78 is 15.0. The minimum Gasteiger partial charge on any atom is -0.366 e. The number of nitrogen functional groups attached to an aromatic ring is 1. The fraction of sp³-hybridized carbons (Fsp3) is 0.0714. The first kappa shape index (κ1) is 12.1. The molecule has 0 fully saturated rings. The summed E-state index contributed by atoms with van der Waals surface area (Å²) in [7, 11) is 0. The topological polar surface area (TPSA) is 80.0 Å². The van der Waals surface area contributed by atoms with Crippen molar-refractivity contribution in [3.63, 3.8) is 0 Å². The van der Waals surface area contributed by atoms with Gasteiger partial charge in [-0.15, -0.1) is 5.10 Å². The van der Waals surface area contributed by atoms with Crippen LogP contribution in [0.4, 0.5) is 10.3 Å². The Morgan fingerprint density at radius 1 is 1.35 bits per heavy atom. The summed E-state index contributed by atoms with van der Waals surface area (Å²) >= 11 is 0. The fourth-order valence-electron chi connectivity index (χ4n) is 2.13. The summed E-state index contributed by atoms with van der Waals surface area (Å²) in [5, 5.41) is 13.0. The molecular formula is C14H10FN5. The van der Waals surface area contributed by atoms with Crippen molar-refractivity contribution in [3.8, 4) is 17.2 Å². The molecule has 20 heavy (non-hydrogen) atoms. The van der Waals surface area contributed by atoms with Crippen LogP contribution in [0.25, 0.3) is 16.8 Å². The van der Waals surface area contributed by atoms with Crippen LogP contribution in [-0.2, 0) is 0 Å². The maximum absolute atomic E-state index is 13.4. The second kappa shape index (κ2) is 4.31. The Labute approximate surface area is 114 Å². The quantitative estimate of drug-likeness (QED) is 0.733. The number of pyridine rings is 1. The Morgan fingerprint density at radius 2 is 2.15 bits per heavy atom. The number of aromatic nitrogens is 3. The predicted octanol–water partition coefficient (Wildman–Crippen LogP) is 2.30. The van der Waals surface area contributed by atoms with Crippen molar-refractivity contribution in [2.75, 3.05) is 5.73 Å². The minimum atomic E-state index is -0.541. The standard InChI is InChI=1S/C14H10FN5/c1-8-4-11(13-18-14(17)19-20(13)7-8)9-2-3-12(15)10(5-9)6-16/h2-5,7H,1H3,(H2,17,19). The van der Waals surface area contributed by atoms with E-state index in [2.05, 4.69) is 10.1 Å². The van der Waals surface area contributed by atoms with Crippen LogP contribution in [0.1, 0.15) is 11.1 Å². The van der Waals surface area contributed by atoms with Crippen LogP contribution in [0.3, 0.4) is 0 Å². The lowest BCUT2D eigenvalue weighted by Crippen LogP contribution is -1.93. The van der Waals surface area contributed by atoms with Gasteiger partial charge >= 0.3 is 0 Å². The van der Waals surface area contributed by atoms with E-state index in [0.717, 1.165) is 11.1 Å². The Kier molecular flexibility index (Phi) is 2.61. The van der Waals surface area contributed by atoms with Crippen LogP contribution in [-0.4, -0.2) is 14.6 Å². The summed E-state index contributed by atoms with van der Waals surface area (Å²) in [6, 6.07) is 8.10. The van der Waals surface area contributed by atoms with Crippen LogP contribution in [0.15, 0.2) is 30.5 Å². The summed E-state index contributed by atoms with van der Waals surface area (Å²) in [4.78, 5) is 4.16. The van der Waals surface area contributed by atoms with E-state index in [0.29, 0.717) is 11.2 Å². The van der Waals surface area contributed by atoms with Crippen LogP contribution < -0.4 is 5.73 Å². The summed E-state index contributed by atoms with van der Waals surface area (Å²) in [5.74, 6) is -0.375. The molecule has 6 heteroatoms. The summed E-state index contributed by atoms with van der Waals surface area (Å²) in [6.45, 7) is 1.91. The van der Waals surface area contributed by atoms with E-state index >= 15 is 0 Å². The predicted molar refractivity (Wildman–Crippen MR) is 72.2 cm³/mol. The molecule has 0 atom stereocenters. The number of nitriles is 1. The molecular weight excluding hydrogens is 257 g/mol. The molecule has 2 N–H and O–H groups in total. The van der Waals surface area contributed by atoms with E-state index in [4.69, 9.17) is 11.0 Å². The third kappa shape index (κ3) is 1.86. The van der Waals surface area contributed by atoms with Crippen LogP contribution in [0.5, 0.6) is 0 Å². The molecule has 0 saturated carbocycles. The molecule has 0 radical (unpaired) electrons. The first-order valence-electron chi connectivity index (χ1n) is 5.91. The van der Waals surface area contributed by atoms with Crippen molar-refractivity contribution in [1.29, 1.82) is 5.26 Å². The number of rotatable bonds is 1. The number of nitrogens with zero attached hydrogens (tertiary/aromatic N) is 4. The summed E-state index contributed by atoms with van der Waals surface area (Å²) in [5.41, 5.74) is 8.59. The van der Waals surface area contributed by atoms with Gasteiger partial charge in [0.1, 0.15) is 11.9 Å². The van der Waals surface area contributed by atoms with Crippen LogP contribution >= 0.6 is 0 Å². The van der Waals surface area contributed by atoms with E-state index in [1.165, 1.54) is 12.1 Å². The van der Waals surface area contributed by atoms with E-state index < -0.39 is 5.82 Å². The highest BCUT2D eigenvalue weighted by Gasteiger charge is 2.11. The molecule has 0 spiro atoms. The first-order chi connectivity index (χ1) is 9.58.